The van der Waals surface area contributed by atoms with Gasteiger partial charge in [-0.15, -0.1) is 0 Å². The van der Waals surface area contributed by atoms with Gasteiger partial charge in [-0.2, -0.15) is 0 Å². The van der Waals surface area contributed by atoms with E-state index in [0.717, 1.165) is 25.9 Å². The highest BCUT2D eigenvalue weighted by Crippen LogP contribution is 2.37. The maximum Gasteiger partial charge on any atom is 0.225 e. The number of ether oxygens (including phenoxy) is 1. The number of hydrogen-bond donors (Lipinski definition) is 1. The molecule has 0 radical (unpaired) electrons. The predicted molar refractivity (Wildman–Crippen MR) is 69.4 cm³/mol. The summed E-state index contributed by atoms with van der Waals surface area (Å²) in [5, 5.41) is 3.03. The summed E-state index contributed by atoms with van der Waals surface area (Å²) in [6.45, 7) is 4.14. The van der Waals surface area contributed by atoms with Crippen molar-refractivity contribution in [3.63, 3.8) is 0 Å². The Morgan fingerprint density at radius 2 is 2.26 bits per heavy atom. The molecule has 5 heteroatoms. The fraction of sp³-hybridized carbons (Fsp3) is 0.857. The third-order valence-electron chi connectivity index (χ3n) is 4.50. The second-order valence-corrected chi connectivity index (χ2v) is 6.15. The van der Waals surface area contributed by atoms with Crippen molar-refractivity contribution in [2.24, 2.45) is 11.8 Å². The molecule has 0 aromatic rings. The average Bonchev–Trinajstić information content (AvgIpc) is 3.02. The second-order valence-electron chi connectivity index (χ2n) is 6.15. The van der Waals surface area contributed by atoms with Crippen LogP contribution in [0.1, 0.15) is 32.6 Å². The molecule has 1 aliphatic carbocycles. The van der Waals surface area contributed by atoms with Crippen molar-refractivity contribution < 1.29 is 14.3 Å². The summed E-state index contributed by atoms with van der Waals surface area (Å²) in [5.74, 6) is 0.852. The molecule has 2 amide bonds. The van der Waals surface area contributed by atoms with Crippen molar-refractivity contribution in [2.45, 2.75) is 44.7 Å². The lowest BCUT2D eigenvalue weighted by atomic mass is 10.0. The van der Waals surface area contributed by atoms with Gasteiger partial charge in [0.2, 0.25) is 11.8 Å². The number of likely N-dealkylation sites (tertiary alicyclic amines) is 1. The first-order chi connectivity index (χ1) is 9.15. The van der Waals surface area contributed by atoms with E-state index in [-0.39, 0.29) is 23.8 Å². The van der Waals surface area contributed by atoms with E-state index in [2.05, 4.69) is 12.2 Å². The van der Waals surface area contributed by atoms with Gasteiger partial charge in [-0.05, 0) is 25.2 Å². The molecule has 3 rings (SSSR count). The minimum Gasteiger partial charge on any atom is -0.381 e. The summed E-state index contributed by atoms with van der Waals surface area (Å²) < 4.78 is 5.33. The van der Waals surface area contributed by atoms with E-state index < -0.39 is 0 Å². The van der Waals surface area contributed by atoms with E-state index in [9.17, 15) is 9.59 Å². The van der Waals surface area contributed by atoms with Crippen molar-refractivity contribution in [2.75, 3.05) is 19.8 Å². The Kier molecular flexibility index (Phi) is 3.48. The molecule has 2 saturated heterocycles. The van der Waals surface area contributed by atoms with Crippen LogP contribution in [0.5, 0.6) is 0 Å². The monoisotopic (exact) mass is 266 g/mol. The number of rotatable bonds is 3. The molecular formula is C14H22N2O3. The summed E-state index contributed by atoms with van der Waals surface area (Å²) in [6.07, 6.45) is 3.43. The fourth-order valence-electron chi connectivity index (χ4n) is 3.15. The molecule has 3 fully saturated rings. The first-order valence-corrected chi connectivity index (χ1v) is 7.32. The van der Waals surface area contributed by atoms with Crippen LogP contribution in [0.25, 0.3) is 0 Å². The molecule has 5 nitrogen and oxygen atoms in total. The second kappa shape index (κ2) is 5.12. The van der Waals surface area contributed by atoms with Gasteiger partial charge in [0, 0.05) is 25.6 Å². The Hall–Kier alpha value is -1.10. The van der Waals surface area contributed by atoms with Crippen LogP contribution in [0.15, 0.2) is 0 Å². The van der Waals surface area contributed by atoms with E-state index >= 15 is 0 Å². The molecule has 0 aromatic carbocycles. The average molecular weight is 266 g/mol. The van der Waals surface area contributed by atoms with E-state index in [1.54, 1.807) is 0 Å². The lowest BCUT2D eigenvalue weighted by Crippen LogP contribution is -2.43. The first-order valence-electron chi connectivity index (χ1n) is 7.32. The molecule has 3 aliphatic rings. The van der Waals surface area contributed by atoms with Gasteiger partial charge in [-0.3, -0.25) is 9.59 Å². The lowest BCUT2D eigenvalue weighted by Gasteiger charge is -2.23. The molecule has 0 aromatic heterocycles. The zero-order valence-corrected chi connectivity index (χ0v) is 11.4. The van der Waals surface area contributed by atoms with E-state index in [0.29, 0.717) is 31.5 Å². The normalized spacial score (nSPS) is 38.4. The van der Waals surface area contributed by atoms with Gasteiger partial charge < -0.3 is 15.0 Å². The third kappa shape index (κ3) is 2.76. The maximum atomic E-state index is 12.1. The van der Waals surface area contributed by atoms with Crippen molar-refractivity contribution in [1.29, 1.82) is 0 Å². The summed E-state index contributed by atoms with van der Waals surface area (Å²) >= 11 is 0. The van der Waals surface area contributed by atoms with Crippen molar-refractivity contribution in [3.8, 4) is 0 Å². The molecule has 0 unspecified atom stereocenters. The van der Waals surface area contributed by atoms with Gasteiger partial charge in [0.05, 0.1) is 18.6 Å². The Morgan fingerprint density at radius 1 is 1.47 bits per heavy atom. The Bertz CT molecular complexity index is 379. The quantitative estimate of drug-likeness (QED) is 0.811. The van der Waals surface area contributed by atoms with Crippen molar-refractivity contribution >= 4 is 11.8 Å². The number of carbonyl (C=O) groups is 2. The molecule has 4 atom stereocenters. The van der Waals surface area contributed by atoms with Gasteiger partial charge in [0.15, 0.2) is 0 Å². The van der Waals surface area contributed by atoms with Crippen molar-refractivity contribution in [1.82, 2.24) is 10.2 Å². The summed E-state index contributed by atoms with van der Waals surface area (Å²) in [7, 11) is 0. The SMILES string of the molecule is C[C@@H]1C[C@@H]1N1C[C@H](NC(=O)[C@@H]2CCCOC2)CC1=O. The molecule has 106 valence electrons. The maximum absolute atomic E-state index is 12.1. The number of carbonyl (C=O) groups excluding carboxylic acids is 2. The van der Waals surface area contributed by atoms with E-state index in [1.165, 1.54) is 0 Å². The van der Waals surface area contributed by atoms with Gasteiger partial charge in [-0.1, -0.05) is 6.92 Å². The minimum atomic E-state index is -0.0299. The lowest BCUT2D eigenvalue weighted by molar-refractivity contribution is -0.129. The molecule has 2 aliphatic heterocycles. The molecule has 2 heterocycles. The summed E-state index contributed by atoms with van der Waals surface area (Å²) in [6, 6.07) is 0.419. The minimum absolute atomic E-state index is 0.00488. The Morgan fingerprint density at radius 3 is 2.89 bits per heavy atom. The van der Waals surface area contributed by atoms with Crippen LogP contribution in [0.4, 0.5) is 0 Å². The highest BCUT2D eigenvalue weighted by Gasteiger charge is 2.45. The van der Waals surface area contributed by atoms with Gasteiger partial charge in [-0.25, -0.2) is 0 Å². The highest BCUT2D eigenvalue weighted by molar-refractivity contribution is 5.83. The molecule has 19 heavy (non-hydrogen) atoms. The van der Waals surface area contributed by atoms with Crippen LogP contribution >= 0.6 is 0 Å². The topological polar surface area (TPSA) is 58.6 Å². The predicted octanol–water partition coefficient (Wildman–Crippen LogP) is 0.538. The fourth-order valence-corrected chi connectivity index (χ4v) is 3.15. The van der Waals surface area contributed by atoms with Gasteiger partial charge in [0.25, 0.3) is 0 Å². The molecule has 1 N–H and O–H groups in total. The summed E-state index contributed by atoms with van der Waals surface area (Å²) in [4.78, 5) is 26.0. The van der Waals surface area contributed by atoms with Gasteiger partial charge in [0.1, 0.15) is 0 Å². The molecular weight excluding hydrogens is 244 g/mol. The molecule has 1 saturated carbocycles. The van der Waals surface area contributed by atoms with Gasteiger partial charge >= 0.3 is 0 Å². The van der Waals surface area contributed by atoms with E-state index in [4.69, 9.17) is 4.74 Å². The largest absolute Gasteiger partial charge is 0.381 e. The summed E-state index contributed by atoms with van der Waals surface area (Å²) in [5.41, 5.74) is 0. The van der Waals surface area contributed by atoms with Crippen LogP contribution < -0.4 is 5.32 Å². The first kappa shape index (κ1) is 12.9. The third-order valence-corrected chi connectivity index (χ3v) is 4.50. The number of nitrogens with zero attached hydrogens (tertiary/aromatic N) is 1. The zero-order valence-electron chi connectivity index (χ0n) is 11.4. The Labute approximate surface area is 113 Å². The molecule has 0 bridgehead atoms. The van der Waals surface area contributed by atoms with Crippen LogP contribution in [0, 0.1) is 11.8 Å². The standard InChI is InChI=1S/C14H22N2O3/c1-9-5-12(9)16-7-11(6-13(16)17)15-14(18)10-3-2-4-19-8-10/h9-12H,2-8H2,1H3,(H,15,18)/t9-,10-,11-,12+/m1/s1. The highest BCUT2D eigenvalue weighted by atomic mass is 16.5. The van der Waals surface area contributed by atoms with Crippen LogP contribution in [-0.2, 0) is 14.3 Å². The van der Waals surface area contributed by atoms with E-state index in [1.807, 2.05) is 4.90 Å². The van der Waals surface area contributed by atoms with Crippen LogP contribution in [0.3, 0.4) is 0 Å². The van der Waals surface area contributed by atoms with Crippen LogP contribution in [0.2, 0.25) is 0 Å². The van der Waals surface area contributed by atoms with Crippen LogP contribution in [-0.4, -0.2) is 48.6 Å². The zero-order chi connectivity index (χ0) is 13.4. The van der Waals surface area contributed by atoms with Crippen molar-refractivity contribution in [3.05, 3.63) is 0 Å². The Balaban J connectivity index is 1.50. The number of nitrogens with one attached hydrogen (secondary N) is 1. The number of hydrogen-bond acceptors (Lipinski definition) is 3. The number of amides is 2. The molecule has 0 spiro atoms. The smallest absolute Gasteiger partial charge is 0.225 e.